The van der Waals surface area contributed by atoms with Crippen LogP contribution >= 0.6 is 22.6 Å². The lowest BCUT2D eigenvalue weighted by Gasteiger charge is -2.32. The number of fused-ring (bicyclic) bond motifs is 2. The molecule has 19 heavy (non-hydrogen) atoms. The number of esters is 1. The van der Waals surface area contributed by atoms with E-state index in [1.807, 2.05) is 39.0 Å². The molecular formula is C15H19IO3. The number of hydrogen-bond acceptors (Lipinski definition) is 3. The van der Waals surface area contributed by atoms with Crippen LogP contribution in [0.1, 0.15) is 45.6 Å². The van der Waals surface area contributed by atoms with Crippen LogP contribution in [0.4, 0.5) is 0 Å². The van der Waals surface area contributed by atoms with Crippen molar-refractivity contribution in [3.63, 3.8) is 0 Å². The number of ether oxygens (including phenoxy) is 1. The molecule has 2 bridgehead atoms. The van der Waals surface area contributed by atoms with Crippen LogP contribution in [0.15, 0.2) is 22.6 Å². The van der Waals surface area contributed by atoms with Gasteiger partial charge in [0.1, 0.15) is 20.7 Å². The topological polar surface area (TPSA) is 39.4 Å². The molecule has 1 unspecified atom stereocenters. The number of hydrogen-bond donors (Lipinski definition) is 0. The van der Waals surface area contributed by atoms with E-state index in [1.165, 1.54) is 0 Å². The molecule has 2 rings (SSSR count). The van der Waals surface area contributed by atoms with E-state index in [2.05, 4.69) is 22.6 Å². The van der Waals surface area contributed by atoms with Crippen molar-refractivity contribution < 1.29 is 13.9 Å². The van der Waals surface area contributed by atoms with Crippen molar-refractivity contribution in [3.8, 4) is 0 Å². The first kappa shape index (κ1) is 14.6. The standard InChI is InChI=1S/C15H19IO3/c1-4-12(16)14(17)19-15(5-2,6-3)11-9-10-7-8-13(11)18-10/h7-9,12H,4-6H2,1-3H3. The Balaban J connectivity index is 2.32. The van der Waals surface area contributed by atoms with Crippen molar-refractivity contribution in [3.05, 3.63) is 23.8 Å². The van der Waals surface area contributed by atoms with Crippen LogP contribution in [0, 0.1) is 0 Å². The van der Waals surface area contributed by atoms with Crippen molar-refractivity contribution in [2.45, 2.75) is 49.6 Å². The molecule has 0 aromatic carbocycles. The van der Waals surface area contributed by atoms with E-state index in [0.29, 0.717) is 0 Å². The third-order valence-corrected chi connectivity index (χ3v) is 5.11. The summed E-state index contributed by atoms with van der Waals surface area (Å²) in [6.45, 7) is 6.09. The van der Waals surface area contributed by atoms with Crippen LogP contribution in [-0.2, 0) is 15.1 Å². The monoisotopic (exact) mass is 374 g/mol. The minimum atomic E-state index is -0.558. The second-order valence-corrected chi connectivity index (χ2v) is 6.26. The first-order chi connectivity index (χ1) is 9.06. The maximum Gasteiger partial charge on any atom is 0.319 e. The van der Waals surface area contributed by atoms with Gasteiger partial charge in [-0.3, -0.25) is 4.79 Å². The zero-order valence-corrected chi connectivity index (χ0v) is 13.7. The van der Waals surface area contributed by atoms with Gasteiger partial charge in [0.15, 0.2) is 0 Å². The summed E-state index contributed by atoms with van der Waals surface area (Å²) < 4.78 is 11.4. The zero-order chi connectivity index (χ0) is 14.0. The van der Waals surface area contributed by atoms with E-state index >= 15 is 0 Å². The average Bonchev–Trinajstić information content (AvgIpc) is 3.06. The third-order valence-electron chi connectivity index (χ3n) is 3.72. The Morgan fingerprint density at radius 3 is 2.47 bits per heavy atom. The lowest BCUT2D eigenvalue weighted by atomic mass is 9.88. The molecule has 0 amide bonds. The van der Waals surface area contributed by atoms with Crippen molar-refractivity contribution in [2.75, 3.05) is 0 Å². The Morgan fingerprint density at radius 2 is 2.05 bits per heavy atom. The summed E-state index contributed by atoms with van der Waals surface area (Å²) in [5.41, 5.74) is 2.11. The van der Waals surface area contributed by atoms with Gasteiger partial charge in [0.05, 0.1) is 0 Å². The number of furan rings is 2. The summed E-state index contributed by atoms with van der Waals surface area (Å²) in [7, 11) is 0. The van der Waals surface area contributed by atoms with E-state index in [-0.39, 0.29) is 9.89 Å². The molecule has 2 aromatic rings. The molecule has 0 saturated carbocycles. The molecule has 1 atom stereocenters. The van der Waals surface area contributed by atoms with Crippen LogP contribution < -0.4 is 0 Å². The van der Waals surface area contributed by atoms with E-state index in [0.717, 1.165) is 36.0 Å². The summed E-state index contributed by atoms with van der Waals surface area (Å²) >= 11 is 2.14. The largest absolute Gasteiger partial charge is 0.457 e. The Bertz CT molecular complexity index is 542. The van der Waals surface area contributed by atoms with Gasteiger partial charge in [-0.2, -0.15) is 0 Å². The Hall–Kier alpha value is -0.780. The molecule has 0 spiro atoms. The highest BCUT2D eigenvalue weighted by Gasteiger charge is 2.37. The van der Waals surface area contributed by atoms with E-state index < -0.39 is 5.60 Å². The predicted molar refractivity (Wildman–Crippen MR) is 83.9 cm³/mol. The molecule has 0 aliphatic carbocycles. The van der Waals surface area contributed by atoms with E-state index in [1.54, 1.807) is 0 Å². The van der Waals surface area contributed by atoms with Gasteiger partial charge in [-0.15, -0.1) is 0 Å². The molecule has 2 aromatic heterocycles. The number of carbonyl (C=O) groups is 1. The third kappa shape index (κ3) is 2.59. The van der Waals surface area contributed by atoms with Crippen molar-refractivity contribution in [1.29, 1.82) is 0 Å². The molecule has 3 nitrogen and oxygen atoms in total. The lowest BCUT2D eigenvalue weighted by Crippen LogP contribution is -2.34. The van der Waals surface area contributed by atoms with Gasteiger partial charge in [0, 0.05) is 5.56 Å². The molecule has 0 aliphatic rings. The Morgan fingerprint density at radius 1 is 1.37 bits per heavy atom. The van der Waals surface area contributed by atoms with Crippen molar-refractivity contribution in [1.82, 2.24) is 0 Å². The molecule has 104 valence electrons. The van der Waals surface area contributed by atoms with Gasteiger partial charge in [-0.25, -0.2) is 0 Å². The summed E-state index contributed by atoms with van der Waals surface area (Å²) in [6, 6.07) is 5.87. The highest BCUT2D eigenvalue weighted by atomic mass is 127. The molecule has 2 heterocycles. The van der Waals surface area contributed by atoms with Crippen LogP contribution in [0.3, 0.4) is 0 Å². The van der Waals surface area contributed by atoms with Crippen LogP contribution in [0.5, 0.6) is 0 Å². The Labute approximate surface area is 127 Å². The minimum Gasteiger partial charge on any atom is -0.457 e. The van der Waals surface area contributed by atoms with Gasteiger partial charge in [-0.05, 0) is 37.5 Å². The van der Waals surface area contributed by atoms with E-state index in [9.17, 15) is 4.79 Å². The molecule has 0 fully saturated rings. The summed E-state index contributed by atoms with van der Waals surface area (Å²) in [5.74, 6) is -0.134. The quantitative estimate of drug-likeness (QED) is 0.420. The Kier molecular flexibility index (Phi) is 4.38. The van der Waals surface area contributed by atoms with Crippen LogP contribution in [0.2, 0.25) is 0 Å². The summed E-state index contributed by atoms with van der Waals surface area (Å²) in [4.78, 5) is 12.1. The lowest BCUT2D eigenvalue weighted by molar-refractivity contribution is -0.161. The second-order valence-electron chi connectivity index (χ2n) is 4.76. The molecule has 0 aliphatic heterocycles. The van der Waals surface area contributed by atoms with Gasteiger partial charge < -0.3 is 9.15 Å². The number of alkyl halides is 1. The van der Waals surface area contributed by atoms with Crippen molar-refractivity contribution >= 4 is 39.7 Å². The molecular weight excluding hydrogens is 355 g/mol. The smallest absolute Gasteiger partial charge is 0.319 e. The SMILES string of the molecule is CCC(I)C(=O)OC(CC)(CC)c1cc2ccc1o2. The van der Waals surface area contributed by atoms with E-state index in [4.69, 9.17) is 9.15 Å². The first-order valence-electron chi connectivity index (χ1n) is 6.75. The summed E-state index contributed by atoms with van der Waals surface area (Å²) in [6.07, 6.45) is 2.29. The zero-order valence-electron chi connectivity index (χ0n) is 11.5. The fraction of sp³-hybridized carbons (Fsp3) is 0.533. The highest BCUT2D eigenvalue weighted by molar-refractivity contribution is 14.1. The minimum absolute atomic E-state index is 0.0941. The predicted octanol–water partition coefficient (Wildman–Crippen LogP) is 4.64. The maximum absolute atomic E-state index is 12.1. The highest BCUT2D eigenvalue weighted by Crippen LogP contribution is 2.39. The number of halogens is 1. The second kappa shape index (κ2) is 5.69. The van der Waals surface area contributed by atoms with Crippen LogP contribution in [0.25, 0.3) is 11.2 Å². The van der Waals surface area contributed by atoms with Gasteiger partial charge in [0.2, 0.25) is 0 Å². The molecule has 0 saturated heterocycles. The van der Waals surface area contributed by atoms with Crippen molar-refractivity contribution in [2.24, 2.45) is 0 Å². The molecule has 0 N–H and O–H groups in total. The number of rotatable bonds is 6. The molecule has 4 heteroatoms. The number of benzene rings is 1. The average molecular weight is 374 g/mol. The normalized spacial score (nSPS) is 13.9. The fourth-order valence-corrected chi connectivity index (χ4v) is 2.53. The fourth-order valence-electron chi connectivity index (χ4n) is 2.40. The van der Waals surface area contributed by atoms with Gasteiger partial charge >= 0.3 is 5.97 Å². The molecule has 0 radical (unpaired) electrons. The summed E-state index contributed by atoms with van der Waals surface area (Å²) in [5, 5.41) is 0. The maximum atomic E-state index is 12.1. The van der Waals surface area contributed by atoms with Gasteiger partial charge in [-0.1, -0.05) is 43.4 Å². The first-order valence-corrected chi connectivity index (χ1v) is 8.00. The van der Waals surface area contributed by atoms with Gasteiger partial charge in [0.25, 0.3) is 0 Å². The number of carbonyl (C=O) groups excluding carboxylic acids is 1. The van der Waals surface area contributed by atoms with Crippen LogP contribution in [-0.4, -0.2) is 9.89 Å².